The lowest BCUT2D eigenvalue weighted by Gasteiger charge is -2.22. The van der Waals surface area contributed by atoms with Crippen LogP contribution in [0.25, 0.3) is 0 Å². The van der Waals surface area contributed by atoms with E-state index < -0.39 is 0 Å². The minimum atomic E-state index is -0.129. The quantitative estimate of drug-likeness (QED) is 0.735. The third-order valence-electron chi connectivity index (χ3n) is 4.98. The zero-order chi connectivity index (χ0) is 19.3. The van der Waals surface area contributed by atoms with Crippen molar-refractivity contribution in [1.29, 1.82) is 0 Å². The summed E-state index contributed by atoms with van der Waals surface area (Å²) < 4.78 is 16.5. The van der Waals surface area contributed by atoms with Gasteiger partial charge in [0.05, 0.1) is 6.61 Å². The van der Waals surface area contributed by atoms with Crippen LogP contribution in [0, 0.1) is 5.92 Å². The Morgan fingerprint density at radius 3 is 2.82 bits per heavy atom. The maximum atomic E-state index is 12.7. The summed E-state index contributed by atoms with van der Waals surface area (Å²) in [6.07, 6.45) is 2.57. The van der Waals surface area contributed by atoms with E-state index in [0.717, 1.165) is 40.8 Å². The van der Waals surface area contributed by atoms with Crippen LogP contribution >= 0.6 is 0 Å². The molecular formula is C22H26N2O4. The SMILES string of the molecule is CCN(Cc1ccc2c(c1)OCO2)C(=O)Nc1cccc(COCC2CC2)c1. The molecule has 0 radical (unpaired) electrons. The van der Waals surface area contributed by atoms with Crippen molar-refractivity contribution >= 4 is 11.7 Å². The standard InChI is InChI=1S/C22H26N2O4/c1-2-24(12-17-8-9-20-21(11-17)28-15-27-20)22(25)23-19-5-3-4-18(10-19)14-26-13-16-6-7-16/h3-5,8-11,16H,2,6-7,12-15H2,1H3,(H,23,25). The fourth-order valence-electron chi connectivity index (χ4n) is 3.16. The number of rotatable bonds is 8. The fraction of sp³-hybridized carbons (Fsp3) is 0.409. The van der Waals surface area contributed by atoms with Crippen molar-refractivity contribution in [3.8, 4) is 11.5 Å². The van der Waals surface area contributed by atoms with Crippen molar-refractivity contribution in [2.24, 2.45) is 5.92 Å². The van der Waals surface area contributed by atoms with Crippen molar-refractivity contribution in [2.45, 2.75) is 32.9 Å². The van der Waals surface area contributed by atoms with E-state index in [4.69, 9.17) is 14.2 Å². The lowest BCUT2D eigenvalue weighted by atomic mass is 10.2. The first-order chi connectivity index (χ1) is 13.7. The van der Waals surface area contributed by atoms with Crippen LogP contribution in [0.2, 0.25) is 0 Å². The van der Waals surface area contributed by atoms with Gasteiger partial charge in [-0.3, -0.25) is 0 Å². The van der Waals surface area contributed by atoms with Crippen LogP contribution < -0.4 is 14.8 Å². The van der Waals surface area contributed by atoms with Gasteiger partial charge in [-0.2, -0.15) is 0 Å². The van der Waals surface area contributed by atoms with E-state index in [2.05, 4.69) is 5.32 Å². The van der Waals surface area contributed by atoms with Gasteiger partial charge in [0.1, 0.15) is 0 Å². The average molecular weight is 382 g/mol. The molecule has 2 aromatic carbocycles. The number of ether oxygens (including phenoxy) is 3. The molecular weight excluding hydrogens is 356 g/mol. The number of hydrogen-bond acceptors (Lipinski definition) is 4. The van der Waals surface area contributed by atoms with Crippen molar-refractivity contribution in [3.05, 3.63) is 53.6 Å². The highest BCUT2D eigenvalue weighted by Crippen LogP contribution is 2.33. The molecule has 0 spiro atoms. The highest BCUT2D eigenvalue weighted by Gasteiger charge is 2.21. The third kappa shape index (κ3) is 4.75. The summed E-state index contributed by atoms with van der Waals surface area (Å²) in [4.78, 5) is 14.5. The highest BCUT2D eigenvalue weighted by atomic mass is 16.7. The van der Waals surface area contributed by atoms with Gasteiger partial charge in [-0.15, -0.1) is 0 Å². The number of hydrogen-bond donors (Lipinski definition) is 1. The molecule has 1 saturated carbocycles. The molecule has 2 aliphatic rings. The van der Waals surface area contributed by atoms with Crippen LogP contribution in [-0.4, -0.2) is 30.9 Å². The van der Waals surface area contributed by atoms with E-state index >= 15 is 0 Å². The average Bonchev–Trinajstić information content (AvgIpc) is 3.40. The van der Waals surface area contributed by atoms with Crippen LogP contribution in [0.3, 0.4) is 0 Å². The number of urea groups is 1. The first-order valence-corrected chi connectivity index (χ1v) is 9.82. The molecule has 1 aliphatic heterocycles. The molecule has 0 saturated heterocycles. The number of benzene rings is 2. The van der Waals surface area contributed by atoms with Crippen LogP contribution in [0.5, 0.6) is 11.5 Å². The molecule has 6 nitrogen and oxygen atoms in total. The van der Waals surface area contributed by atoms with Crippen molar-refractivity contribution < 1.29 is 19.0 Å². The van der Waals surface area contributed by atoms with E-state index in [1.807, 2.05) is 49.4 Å². The van der Waals surface area contributed by atoms with Crippen LogP contribution in [0.4, 0.5) is 10.5 Å². The molecule has 28 heavy (non-hydrogen) atoms. The number of nitrogens with one attached hydrogen (secondary N) is 1. The van der Waals surface area contributed by atoms with Crippen LogP contribution in [0.15, 0.2) is 42.5 Å². The third-order valence-corrected chi connectivity index (χ3v) is 4.98. The van der Waals surface area contributed by atoms with Gasteiger partial charge in [-0.1, -0.05) is 18.2 Å². The Morgan fingerprint density at radius 1 is 1.14 bits per heavy atom. The second-order valence-corrected chi connectivity index (χ2v) is 7.29. The number of amides is 2. The Balaban J connectivity index is 1.34. The maximum absolute atomic E-state index is 12.7. The minimum absolute atomic E-state index is 0.129. The van der Waals surface area contributed by atoms with Gasteiger partial charge in [0.2, 0.25) is 6.79 Å². The zero-order valence-electron chi connectivity index (χ0n) is 16.1. The van der Waals surface area contributed by atoms with E-state index in [-0.39, 0.29) is 12.8 Å². The monoisotopic (exact) mass is 382 g/mol. The molecule has 6 heteroatoms. The number of nitrogens with zero attached hydrogens (tertiary/aromatic N) is 1. The minimum Gasteiger partial charge on any atom is -0.454 e. The molecule has 0 bridgehead atoms. The normalized spacial score (nSPS) is 14.8. The molecule has 1 fully saturated rings. The molecule has 1 aliphatic carbocycles. The molecule has 1 N–H and O–H groups in total. The molecule has 4 rings (SSSR count). The summed E-state index contributed by atoms with van der Waals surface area (Å²) in [5.74, 6) is 2.22. The molecule has 0 unspecified atom stereocenters. The summed E-state index contributed by atoms with van der Waals surface area (Å²) >= 11 is 0. The van der Waals surface area contributed by atoms with Gasteiger partial charge in [-0.05, 0) is 61.1 Å². The van der Waals surface area contributed by atoms with E-state index in [1.165, 1.54) is 12.8 Å². The van der Waals surface area contributed by atoms with Gasteiger partial charge < -0.3 is 24.4 Å². The molecule has 0 aromatic heterocycles. The van der Waals surface area contributed by atoms with Gasteiger partial charge in [0.25, 0.3) is 0 Å². The highest BCUT2D eigenvalue weighted by molar-refractivity contribution is 5.89. The lowest BCUT2D eigenvalue weighted by Crippen LogP contribution is -2.34. The lowest BCUT2D eigenvalue weighted by molar-refractivity contribution is 0.111. The first kappa shape index (κ1) is 18.6. The van der Waals surface area contributed by atoms with Crippen molar-refractivity contribution in [1.82, 2.24) is 4.90 Å². The van der Waals surface area contributed by atoms with Gasteiger partial charge in [-0.25, -0.2) is 4.79 Å². The summed E-state index contributed by atoms with van der Waals surface area (Å²) in [6.45, 7) is 4.73. The Labute approximate surface area is 165 Å². The summed E-state index contributed by atoms with van der Waals surface area (Å²) in [6, 6.07) is 13.5. The second-order valence-electron chi connectivity index (χ2n) is 7.29. The summed E-state index contributed by atoms with van der Waals surface area (Å²) in [5, 5.41) is 2.99. The maximum Gasteiger partial charge on any atom is 0.322 e. The molecule has 148 valence electrons. The van der Waals surface area contributed by atoms with Crippen LogP contribution in [-0.2, 0) is 17.9 Å². The second kappa shape index (κ2) is 8.52. The topological polar surface area (TPSA) is 60.0 Å². The van der Waals surface area contributed by atoms with E-state index in [1.54, 1.807) is 4.90 Å². The van der Waals surface area contributed by atoms with Gasteiger partial charge >= 0.3 is 6.03 Å². The van der Waals surface area contributed by atoms with Gasteiger partial charge in [0.15, 0.2) is 11.5 Å². The fourth-order valence-corrected chi connectivity index (χ4v) is 3.16. The Hall–Kier alpha value is -2.73. The molecule has 1 heterocycles. The van der Waals surface area contributed by atoms with E-state index in [9.17, 15) is 4.79 Å². The zero-order valence-corrected chi connectivity index (χ0v) is 16.1. The summed E-state index contributed by atoms with van der Waals surface area (Å²) in [7, 11) is 0. The predicted octanol–water partition coefficient (Wildman–Crippen LogP) is 4.40. The predicted molar refractivity (Wildman–Crippen MR) is 106 cm³/mol. The molecule has 2 aromatic rings. The Kier molecular flexibility index (Phi) is 5.67. The smallest absolute Gasteiger partial charge is 0.322 e. The van der Waals surface area contributed by atoms with E-state index in [0.29, 0.717) is 19.7 Å². The molecule has 0 atom stereocenters. The number of fused-ring (bicyclic) bond motifs is 1. The Morgan fingerprint density at radius 2 is 2.00 bits per heavy atom. The number of carbonyl (C=O) groups is 1. The summed E-state index contributed by atoms with van der Waals surface area (Å²) in [5.41, 5.74) is 2.85. The van der Waals surface area contributed by atoms with Gasteiger partial charge in [0, 0.05) is 25.4 Å². The number of carbonyl (C=O) groups excluding carboxylic acids is 1. The first-order valence-electron chi connectivity index (χ1n) is 9.82. The van der Waals surface area contributed by atoms with Crippen molar-refractivity contribution in [2.75, 3.05) is 25.3 Å². The van der Waals surface area contributed by atoms with Crippen LogP contribution in [0.1, 0.15) is 30.9 Å². The van der Waals surface area contributed by atoms with Crippen molar-refractivity contribution in [3.63, 3.8) is 0 Å². The largest absolute Gasteiger partial charge is 0.454 e. The molecule has 2 amide bonds. The number of anilines is 1. The Bertz CT molecular complexity index is 835.